The first kappa shape index (κ1) is 21.7. The van der Waals surface area contributed by atoms with E-state index in [1.807, 2.05) is 0 Å². The monoisotopic (exact) mass is 465 g/mol. The SMILES string of the molecule is CN=C(NCC1CN(C)CCO1)NC1CCN(CC(F)(F)F)C1.I. The summed E-state index contributed by atoms with van der Waals surface area (Å²) in [4.78, 5) is 7.77. The van der Waals surface area contributed by atoms with Gasteiger partial charge < -0.3 is 20.3 Å². The molecule has 0 spiro atoms. The Bertz CT molecular complexity index is 410. The van der Waals surface area contributed by atoms with Gasteiger partial charge in [-0.05, 0) is 13.5 Å². The van der Waals surface area contributed by atoms with Crippen LogP contribution in [0.25, 0.3) is 0 Å². The molecular formula is C14H27F3IN5O. The van der Waals surface area contributed by atoms with Gasteiger partial charge in [0.25, 0.3) is 0 Å². The number of alkyl halides is 3. The predicted octanol–water partition coefficient (Wildman–Crippen LogP) is 0.737. The van der Waals surface area contributed by atoms with Crippen LogP contribution in [0, 0.1) is 0 Å². The van der Waals surface area contributed by atoms with Gasteiger partial charge in [0.1, 0.15) is 0 Å². The molecule has 0 amide bonds. The molecule has 0 saturated carbocycles. The van der Waals surface area contributed by atoms with Crippen molar-refractivity contribution in [3.63, 3.8) is 0 Å². The lowest BCUT2D eigenvalue weighted by Crippen LogP contribution is -2.50. The number of rotatable bonds is 4. The summed E-state index contributed by atoms with van der Waals surface area (Å²) in [5.41, 5.74) is 0. The molecule has 0 aliphatic carbocycles. The molecule has 142 valence electrons. The topological polar surface area (TPSA) is 52.1 Å². The lowest BCUT2D eigenvalue weighted by molar-refractivity contribution is -0.143. The zero-order chi connectivity index (χ0) is 16.9. The number of likely N-dealkylation sites (tertiary alicyclic amines) is 1. The van der Waals surface area contributed by atoms with Gasteiger partial charge in [-0.3, -0.25) is 9.89 Å². The average molecular weight is 465 g/mol. The van der Waals surface area contributed by atoms with Crippen LogP contribution in [-0.4, -0.2) is 94.1 Å². The predicted molar refractivity (Wildman–Crippen MR) is 98.0 cm³/mol. The third-order valence-corrected chi connectivity index (χ3v) is 4.08. The highest BCUT2D eigenvalue weighted by atomic mass is 127. The average Bonchev–Trinajstić information content (AvgIpc) is 2.88. The molecule has 2 atom stereocenters. The number of hydrogen-bond acceptors (Lipinski definition) is 4. The number of nitrogens with one attached hydrogen (secondary N) is 2. The molecule has 2 rings (SSSR count). The summed E-state index contributed by atoms with van der Waals surface area (Å²) >= 11 is 0. The van der Waals surface area contributed by atoms with Crippen LogP contribution in [0.1, 0.15) is 6.42 Å². The number of guanidine groups is 1. The van der Waals surface area contributed by atoms with E-state index in [0.29, 0.717) is 38.6 Å². The minimum atomic E-state index is -4.14. The fourth-order valence-electron chi connectivity index (χ4n) is 2.94. The fourth-order valence-corrected chi connectivity index (χ4v) is 2.94. The molecule has 2 fully saturated rings. The van der Waals surface area contributed by atoms with Gasteiger partial charge in [-0.1, -0.05) is 0 Å². The molecule has 2 N–H and O–H groups in total. The van der Waals surface area contributed by atoms with Gasteiger partial charge in [-0.25, -0.2) is 0 Å². The van der Waals surface area contributed by atoms with Crippen molar-refractivity contribution in [2.24, 2.45) is 4.99 Å². The second kappa shape index (κ2) is 9.97. The third-order valence-electron chi connectivity index (χ3n) is 4.08. The maximum atomic E-state index is 12.4. The molecule has 0 bridgehead atoms. The summed E-state index contributed by atoms with van der Waals surface area (Å²) in [7, 11) is 3.71. The quantitative estimate of drug-likeness (QED) is 0.365. The number of aliphatic imine (C=N–C) groups is 1. The van der Waals surface area contributed by atoms with Crippen LogP contribution in [0.2, 0.25) is 0 Å². The Hall–Kier alpha value is -0.330. The van der Waals surface area contributed by atoms with Crippen LogP contribution >= 0.6 is 24.0 Å². The van der Waals surface area contributed by atoms with E-state index in [4.69, 9.17) is 4.74 Å². The second-order valence-corrected chi connectivity index (χ2v) is 6.19. The Balaban J connectivity index is 0.00000288. The van der Waals surface area contributed by atoms with Crippen molar-refractivity contribution in [1.29, 1.82) is 0 Å². The summed E-state index contributed by atoms with van der Waals surface area (Å²) in [6.07, 6.45) is -3.36. The van der Waals surface area contributed by atoms with Crippen molar-refractivity contribution in [3.05, 3.63) is 0 Å². The van der Waals surface area contributed by atoms with E-state index in [-0.39, 0.29) is 36.1 Å². The van der Waals surface area contributed by atoms with Crippen molar-refractivity contribution >= 4 is 29.9 Å². The largest absolute Gasteiger partial charge is 0.401 e. The zero-order valence-electron chi connectivity index (χ0n) is 14.1. The highest BCUT2D eigenvalue weighted by Crippen LogP contribution is 2.19. The molecule has 2 aliphatic heterocycles. The molecule has 2 aliphatic rings. The normalized spacial score (nSPS) is 27.0. The van der Waals surface area contributed by atoms with Gasteiger partial charge in [0.05, 0.1) is 19.3 Å². The van der Waals surface area contributed by atoms with Crippen molar-refractivity contribution in [2.75, 3.05) is 60.0 Å². The molecule has 2 unspecified atom stereocenters. The van der Waals surface area contributed by atoms with Gasteiger partial charge >= 0.3 is 6.18 Å². The summed E-state index contributed by atoms with van der Waals surface area (Å²) in [5, 5.41) is 6.39. The van der Waals surface area contributed by atoms with E-state index < -0.39 is 12.7 Å². The van der Waals surface area contributed by atoms with Crippen molar-refractivity contribution in [3.8, 4) is 0 Å². The van der Waals surface area contributed by atoms with Crippen LogP contribution in [0.15, 0.2) is 4.99 Å². The second-order valence-electron chi connectivity index (χ2n) is 6.19. The van der Waals surface area contributed by atoms with E-state index in [1.165, 1.54) is 4.90 Å². The van der Waals surface area contributed by atoms with Crippen LogP contribution < -0.4 is 10.6 Å². The Morgan fingerprint density at radius 3 is 2.67 bits per heavy atom. The molecule has 0 aromatic carbocycles. The number of ether oxygens (including phenoxy) is 1. The van der Waals surface area contributed by atoms with Crippen molar-refractivity contribution in [2.45, 2.75) is 24.7 Å². The highest BCUT2D eigenvalue weighted by Gasteiger charge is 2.34. The minimum absolute atomic E-state index is 0. The Kier molecular flexibility index (Phi) is 9.02. The number of morpholine rings is 1. The van der Waals surface area contributed by atoms with Gasteiger partial charge in [0.15, 0.2) is 5.96 Å². The van der Waals surface area contributed by atoms with E-state index in [1.54, 1.807) is 7.05 Å². The zero-order valence-corrected chi connectivity index (χ0v) is 16.4. The van der Waals surface area contributed by atoms with Gasteiger partial charge in [-0.15, -0.1) is 24.0 Å². The molecular weight excluding hydrogens is 438 g/mol. The molecule has 6 nitrogen and oxygen atoms in total. The maximum absolute atomic E-state index is 12.4. The lowest BCUT2D eigenvalue weighted by atomic mass is 10.2. The molecule has 10 heteroatoms. The third kappa shape index (κ3) is 7.70. The summed E-state index contributed by atoms with van der Waals surface area (Å²) in [6.45, 7) is 3.10. The number of halogens is 4. The Morgan fingerprint density at radius 1 is 1.29 bits per heavy atom. The van der Waals surface area contributed by atoms with Crippen LogP contribution in [0.4, 0.5) is 13.2 Å². The first-order chi connectivity index (χ1) is 10.9. The van der Waals surface area contributed by atoms with Crippen LogP contribution in [-0.2, 0) is 4.74 Å². The smallest absolute Gasteiger partial charge is 0.374 e. The minimum Gasteiger partial charge on any atom is -0.374 e. The summed E-state index contributed by atoms with van der Waals surface area (Å²) in [6, 6.07) is -0.0153. The first-order valence-corrected chi connectivity index (χ1v) is 7.92. The Labute approximate surface area is 158 Å². The van der Waals surface area contributed by atoms with Crippen molar-refractivity contribution in [1.82, 2.24) is 20.4 Å². The van der Waals surface area contributed by atoms with E-state index >= 15 is 0 Å². The van der Waals surface area contributed by atoms with E-state index in [9.17, 15) is 13.2 Å². The molecule has 0 aromatic heterocycles. The van der Waals surface area contributed by atoms with Gasteiger partial charge in [-0.2, -0.15) is 13.2 Å². The van der Waals surface area contributed by atoms with Crippen molar-refractivity contribution < 1.29 is 17.9 Å². The van der Waals surface area contributed by atoms with Crippen LogP contribution in [0.5, 0.6) is 0 Å². The molecule has 2 heterocycles. The number of nitrogens with zero attached hydrogens (tertiary/aromatic N) is 3. The summed E-state index contributed by atoms with van der Waals surface area (Å²) < 4.78 is 42.9. The maximum Gasteiger partial charge on any atom is 0.401 e. The van der Waals surface area contributed by atoms with E-state index in [2.05, 4.69) is 27.6 Å². The number of likely N-dealkylation sites (N-methyl/N-ethyl adjacent to an activating group) is 1. The van der Waals surface area contributed by atoms with Gasteiger partial charge in [0, 0.05) is 45.8 Å². The molecule has 0 aromatic rings. The molecule has 2 saturated heterocycles. The molecule has 24 heavy (non-hydrogen) atoms. The summed E-state index contributed by atoms with van der Waals surface area (Å²) in [5.74, 6) is 0.612. The highest BCUT2D eigenvalue weighted by molar-refractivity contribution is 14.0. The first-order valence-electron chi connectivity index (χ1n) is 7.92. The van der Waals surface area contributed by atoms with E-state index in [0.717, 1.165) is 13.1 Å². The lowest BCUT2D eigenvalue weighted by Gasteiger charge is -2.30. The fraction of sp³-hybridized carbons (Fsp3) is 0.929. The molecule has 0 radical (unpaired) electrons. The van der Waals surface area contributed by atoms with Gasteiger partial charge in [0.2, 0.25) is 0 Å². The Morgan fingerprint density at radius 2 is 2.04 bits per heavy atom. The standard InChI is InChI=1S/C14H26F3N5O.HI/c1-18-13(19-7-12-9-21(2)5-6-23-12)20-11-3-4-22(8-11)10-14(15,16)17;/h11-12H,3-10H2,1-2H3,(H2,18,19,20);1H. The number of hydrogen-bond donors (Lipinski definition) is 2. The van der Waals surface area contributed by atoms with Crippen LogP contribution in [0.3, 0.4) is 0 Å².